The Balaban J connectivity index is 2.65. The molecule has 3 N–H and O–H groups in total. The third-order valence-corrected chi connectivity index (χ3v) is 3.10. The highest BCUT2D eigenvalue weighted by atomic mass is 16.5. The van der Waals surface area contributed by atoms with Gasteiger partial charge in [0, 0.05) is 18.2 Å². The van der Waals surface area contributed by atoms with Crippen molar-refractivity contribution >= 4 is 0 Å². The van der Waals surface area contributed by atoms with Gasteiger partial charge in [0.15, 0.2) is 0 Å². The number of benzene rings is 1. The van der Waals surface area contributed by atoms with E-state index in [1.807, 2.05) is 26.0 Å². The average Bonchev–Trinajstić information content (AvgIpc) is 2.41. The van der Waals surface area contributed by atoms with Crippen molar-refractivity contribution in [3.8, 4) is 17.0 Å². The molecule has 0 atom stereocenters. The number of hydrogen-bond acceptors (Lipinski definition) is 4. The molecule has 0 aliphatic heterocycles. The molecule has 2 rings (SSSR count). The quantitative estimate of drug-likeness (QED) is 0.875. The Labute approximate surface area is 111 Å². The van der Waals surface area contributed by atoms with Crippen LogP contribution in [0.2, 0.25) is 0 Å². The number of aromatic nitrogens is 2. The summed E-state index contributed by atoms with van der Waals surface area (Å²) >= 11 is 0. The van der Waals surface area contributed by atoms with Crippen LogP contribution in [0, 0.1) is 13.8 Å². The van der Waals surface area contributed by atoms with Crippen molar-refractivity contribution < 1.29 is 4.74 Å². The molecular formula is C14H17N3O2. The van der Waals surface area contributed by atoms with E-state index in [0.717, 1.165) is 28.0 Å². The number of nitrogens with one attached hydrogen (secondary N) is 1. The van der Waals surface area contributed by atoms with E-state index in [2.05, 4.69) is 10.2 Å². The zero-order valence-corrected chi connectivity index (χ0v) is 11.3. The summed E-state index contributed by atoms with van der Waals surface area (Å²) in [5.74, 6) is 0.833. The monoisotopic (exact) mass is 259 g/mol. The maximum Gasteiger partial charge on any atom is 0.264 e. The van der Waals surface area contributed by atoms with Crippen molar-refractivity contribution in [3.05, 3.63) is 45.2 Å². The third-order valence-electron chi connectivity index (χ3n) is 3.10. The maximum absolute atomic E-state index is 11.3. The molecule has 100 valence electrons. The van der Waals surface area contributed by atoms with Gasteiger partial charge in [0.25, 0.3) is 5.56 Å². The molecule has 2 aromatic rings. The van der Waals surface area contributed by atoms with Crippen LogP contribution in [0.3, 0.4) is 0 Å². The van der Waals surface area contributed by atoms with Crippen molar-refractivity contribution in [2.45, 2.75) is 20.4 Å². The van der Waals surface area contributed by atoms with E-state index >= 15 is 0 Å². The minimum Gasteiger partial charge on any atom is -0.496 e. The molecule has 1 aromatic carbocycles. The smallest absolute Gasteiger partial charge is 0.264 e. The number of nitrogens with two attached hydrogens (primary N) is 1. The summed E-state index contributed by atoms with van der Waals surface area (Å²) in [7, 11) is 1.64. The SMILES string of the molecule is COc1cc(C)c(-c2n[nH]c(=O)cc2CN)cc1C. The average molecular weight is 259 g/mol. The van der Waals surface area contributed by atoms with Gasteiger partial charge in [-0.1, -0.05) is 0 Å². The fourth-order valence-corrected chi connectivity index (χ4v) is 2.10. The molecule has 0 aliphatic rings. The van der Waals surface area contributed by atoms with E-state index in [1.165, 1.54) is 6.07 Å². The molecule has 5 nitrogen and oxygen atoms in total. The van der Waals surface area contributed by atoms with E-state index in [1.54, 1.807) is 7.11 Å². The van der Waals surface area contributed by atoms with E-state index in [0.29, 0.717) is 5.69 Å². The van der Waals surface area contributed by atoms with Crippen molar-refractivity contribution in [3.63, 3.8) is 0 Å². The number of ether oxygens (including phenoxy) is 1. The fourth-order valence-electron chi connectivity index (χ4n) is 2.10. The van der Waals surface area contributed by atoms with Gasteiger partial charge >= 0.3 is 0 Å². The van der Waals surface area contributed by atoms with Gasteiger partial charge in [-0.2, -0.15) is 5.10 Å². The molecule has 0 fully saturated rings. The molecule has 0 saturated heterocycles. The van der Waals surface area contributed by atoms with Gasteiger partial charge < -0.3 is 10.5 Å². The summed E-state index contributed by atoms with van der Waals surface area (Å²) < 4.78 is 5.29. The number of H-pyrrole nitrogens is 1. The maximum atomic E-state index is 11.3. The largest absolute Gasteiger partial charge is 0.496 e. The fraction of sp³-hybridized carbons (Fsp3) is 0.286. The van der Waals surface area contributed by atoms with Crippen LogP contribution in [0.1, 0.15) is 16.7 Å². The molecule has 1 heterocycles. The van der Waals surface area contributed by atoms with Gasteiger partial charge in [0.05, 0.1) is 12.8 Å². The first-order valence-electron chi connectivity index (χ1n) is 6.01. The summed E-state index contributed by atoms with van der Waals surface area (Å²) in [6, 6.07) is 5.44. The molecular weight excluding hydrogens is 242 g/mol. The Morgan fingerprint density at radius 1 is 1.26 bits per heavy atom. The van der Waals surface area contributed by atoms with E-state index < -0.39 is 0 Å². The number of aryl methyl sites for hydroxylation is 2. The zero-order chi connectivity index (χ0) is 14.0. The molecule has 0 bridgehead atoms. The van der Waals surface area contributed by atoms with Gasteiger partial charge in [0.1, 0.15) is 5.75 Å². The number of nitrogens with zero attached hydrogens (tertiary/aromatic N) is 1. The second kappa shape index (κ2) is 5.24. The predicted molar refractivity (Wildman–Crippen MR) is 74.2 cm³/mol. The molecule has 1 aromatic heterocycles. The lowest BCUT2D eigenvalue weighted by Crippen LogP contribution is -2.13. The Morgan fingerprint density at radius 2 is 2.00 bits per heavy atom. The molecule has 0 aliphatic carbocycles. The lowest BCUT2D eigenvalue weighted by molar-refractivity contribution is 0.411. The number of aromatic amines is 1. The summed E-state index contributed by atoms with van der Waals surface area (Å²) in [5.41, 5.74) is 9.88. The molecule has 0 spiro atoms. The predicted octanol–water partition coefficient (Wildman–Crippen LogP) is 1.52. The van der Waals surface area contributed by atoms with E-state index in [-0.39, 0.29) is 12.1 Å². The lowest BCUT2D eigenvalue weighted by Gasteiger charge is -2.12. The van der Waals surface area contributed by atoms with Gasteiger partial charge in [-0.3, -0.25) is 4.79 Å². The van der Waals surface area contributed by atoms with Crippen molar-refractivity contribution in [2.24, 2.45) is 5.73 Å². The summed E-state index contributed by atoms with van der Waals surface area (Å²) in [5, 5.41) is 6.57. The Morgan fingerprint density at radius 3 is 2.63 bits per heavy atom. The van der Waals surface area contributed by atoms with Crippen molar-refractivity contribution in [1.82, 2.24) is 10.2 Å². The standard InChI is InChI=1S/C14H17N3O2/c1-8-5-12(19-3)9(2)4-11(8)14-10(7-15)6-13(18)16-17-14/h4-6H,7,15H2,1-3H3,(H,16,18). The van der Waals surface area contributed by atoms with Crippen molar-refractivity contribution in [1.29, 1.82) is 0 Å². The summed E-state index contributed by atoms with van der Waals surface area (Å²) in [6.45, 7) is 4.22. The Bertz CT molecular complexity index is 662. The minimum atomic E-state index is -0.243. The molecule has 0 unspecified atom stereocenters. The highest BCUT2D eigenvalue weighted by molar-refractivity contribution is 5.68. The second-order valence-corrected chi connectivity index (χ2v) is 4.45. The Kier molecular flexibility index (Phi) is 3.66. The first-order valence-corrected chi connectivity index (χ1v) is 6.01. The number of rotatable bonds is 3. The van der Waals surface area contributed by atoms with Crippen LogP contribution in [0.25, 0.3) is 11.3 Å². The van der Waals surface area contributed by atoms with Crippen LogP contribution in [-0.2, 0) is 6.54 Å². The van der Waals surface area contributed by atoms with Crippen molar-refractivity contribution in [2.75, 3.05) is 7.11 Å². The number of hydrogen-bond donors (Lipinski definition) is 2. The van der Waals surface area contributed by atoms with Gasteiger partial charge in [-0.15, -0.1) is 0 Å². The topological polar surface area (TPSA) is 81.0 Å². The van der Waals surface area contributed by atoms with Crippen LogP contribution >= 0.6 is 0 Å². The van der Waals surface area contributed by atoms with E-state index in [4.69, 9.17) is 10.5 Å². The minimum absolute atomic E-state index is 0.243. The van der Waals surface area contributed by atoms with Crippen LogP contribution in [0.5, 0.6) is 5.75 Å². The van der Waals surface area contributed by atoms with Crippen LogP contribution < -0.4 is 16.0 Å². The lowest BCUT2D eigenvalue weighted by atomic mass is 9.99. The van der Waals surface area contributed by atoms with Crippen LogP contribution in [0.15, 0.2) is 23.0 Å². The van der Waals surface area contributed by atoms with E-state index in [9.17, 15) is 4.79 Å². The summed E-state index contributed by atoms with van der Waals surface area (Å²) in [6.07, 6.45) is 0. The molecule has 5 heteroatoms. The molecule has 19 heavy (non-hydrogen) atoms. The first-order chi connectivity index (χ1) is 9.06. The molecule has 0 saturated carbocycles. The highest BCUT2D eigenvalue weighted by Gasteiger charge is 2.12. The second-order valence-electron chi connectivity index (χ2n) is 4.45. The van der Waals surface area contributed by atoms with Crippen LogP contribution in [0.4, 0.5) is 0 Å². The first kappa shape index (κ1) is 13.3. The van der Waals surface area contributed by atoms with Gasteiger partial charge in [-0.25, -0.2) is 5.10 Å². The summed E-state index contributed by atoms with van der Waals surface area (Å²) in [4.78, 5) is 11.3. The Hall–Kier alpha value is -2.14. The van der Waals surface area contributed by atoms with Crippen LogP contribution in [-0.4, -0.2) is 17.3 Å². The highest BCUT2D eigenvalue weighted by Crippen LogP contribution is 2.29. The van der Waals surface area contributed by atoms with Gasteiger partial charge in [-0.05, 0) is 42.7 Å². The molecule has 0 radical (unpaired) electrons. The number of methoxy groups -OCH3 is 1. The normalized spacial score (nSPS) is 10.5. The third kappa shape index (κ3) is 2.51. The molecule has 0 amide bonds. The zero-order valence-electron chi connectivity index (χ0n) is 11.3. The van der Waals surface area contributed by atoms with Gasteiger partial charge in [0.2, 0.25) is 0 Å².